The van der Waals surface area contributed by atoms with Gasteiger partial charge in [0.05, 0.1) is 0 Å². The third-order valence-corrected chi connectivity index (χ3v) is 4.06. The van der Waals surface area contributed by atoms with Gasteiger partial charge in [0.25, 0.3) is 0 Å². The predicted octanol–water partition coefficient (Wildman–Crippen LogP) is 3.00. The first kappa shape index (κ1) is 10.3. The molecular formula is C14H18FN. The number of nitrogens with one attached hydrogen (secondary N) is 1. The lowest BCUT2D eigenvalue weighted by atomic mass is 9.64. The lowest BCUT2D eigenvalue weighted by Gasteiger charge is -2.43. The van der Waals surface area contributed by atoms with Crippen molar-refractivity contribution in [1.82, 2.24) is 5.32 Å². The molecule has 2 aliphatic rings. The molecule has 1 N–H and O–H groups in total. The van der Waals surface area contributed by atoms with Crippen LogP contribution in [0.4, 0.5) is 4.39 Å². The molecule has 0 bridgehead atoms. The molecule has 0 heterocycles. The standard InChI is InChI=1S/C14H18FN/c15-13-5-2-1-4-12(13)14(8-3-9-14)10-16-11-6-7-11/h1-2,4-5,11,16H,3,6-10H2. The molecular weight excluding hydrogens is 201 g/mol. The second kappa shape index (κ2) is 3.85. The summed E-state index contributed by atoms with van der Waals surface area (Å²) in [5.74, 6) is -0.0280. The molecule has 2 heteroatoms. The largest absolute Gasteiger partial charge is 0.313 e. The number of hydrogen-bond donors (Lipinski definition) is 1. The smallest absolute Gasteiger partial charge is 0.127 e. The van der Waals surface area contributed by atoms with Gasteiger partial charge in [-0.1, -0.05) is 24.6 Å². The van der Waals surface area contributed by atoms with Gasteiger partial charge >= 0.3 is 0 Å². The highest BCUT2D eigenvalue weighted by Crippen LogP contribution is 2.44. The van der Waals surface area contributed by atoms with Gasteiger partial charge < -0.3 is 5.32 Å². The molecule has 0 aromatic heterocycles. The average molecular weight is 219 g/mol. The van der Waals surface area contributed by atoms with Gasteiger partial charge in [0, 0.05) is 18.0 Å². The Morgan fingerprint density at radius 1 is 1.25 bits per heavy atom. The van der Waals surface area contributed by atoms with Crippen molar-refractivity contribution < 1.29 is 4.39 Å². The summed E-state index contributed by atoms with van der Waals surface area (Å²) in [6, 6.07) is 7.99. The SMILES string of the molecule is Fc1ccccc1C1(CNC2CC2)CCC1. The summed E-state index contributed by atoms with van der Waals surface area (Å²) in [5, 5.41) is 3.56. The van der Waals surface area contributed by atoms with Crippen molar-refractivity contribution in [3.63, 3.8) is 0 Å². The van der Waals surface area contributed by atoms with Crippen molar-refractivity contribution in [3.05, 3.63) is 35.6 Å². The Morgan fingerprint density at radius 2 is 2.00 bits per heavy atom. The lowest BCUT2D eigenvalue weighted by Crippen LogP contribution is -2.45. The Hall–Kier alpha value is -0.890. The maximum Gasteiger partial charge on any atom is 0.127 e. The monoisotopic (exact) mass is 219 g/mol. The number of hydrogen-bond acceptors (Lipinski definition) is 1. The molecule has 0 atom stereocenters. The molecule has 2 saturated carbocycles. The van der Waals surface area contributed by atoms with E-state index in [-0.39, 0.29) is 11.2 Å². The van der Waals surface area contributed by atoms with Gasteiger partial charge in [-0.15, -0.1) is 0 Å². The molecule has 0 saturated heterocycles. The third kappa shape index (κ3) is 1.75. The van der Waals surface area contributed by atoms with Gasteiger partial charge in [-0.2, -0.15) is 0 Å². The first-order chi connectivity index (χ1) is 7.80. The molecule has 0 aliphatic heterocycles. The predicted molar refractivity (Wildman–Crippen MR) is 63.0 cm³/mol. The zero-order chi connectivity index (χ0) is 11.0. The number of rotatable bonds is 4. The number of benzene rings is 1. The normalized spacial score (nSPS) is 22.8. The van der Waals surface area contributed by atoms with Crippen molar-refractivity contribution in [1.29, 1.82) is 0 Å². The summed E-state index contributed by atoms with van der Waals surface area (Å²) in [6.45, 7) is 0.957. The minimum Gasteiger partial charge on any atom is -0.313 e. The Morgan fingerprint density at radius 3 is 2.56 bits per heavy atom. The van der Waals surface area contributed by atoms with Crippen molar-refractivity contribution in [3.8, 4) is 0 Å². The van der Waals surface area contributed by atoms with Gasteiger partial charge in [0.15, 0.2) is 0 Å². The third-order valence-electron chi connectivity index (χ3n) is 4.06. The van der Waals surface area contributed by atoms with Crippen molar-refractivity contribution in [2.24, 2.45) is 0 Å². The van der Waals surface area contributed by atoms with Crippen LogP contribution in [-0.2, 0) is 5.41 Å². The van der Waals surface area contributed by atoms with Crippen LogP contribution in [0, 0.1) is 5.82 Å². The molecule has 0 unspecified atom stereocenters. The van der Waals surface area contributed by atoms with Gasteiger partial charge in [-0.05, 0) is 37.3 Å². The zero-order valence-corrected chi connectivity index (χ0v) is 9.51. The molecule has 1 aromatic rings. The topological polar surface area (TPSA) is 12.0 Å². The molecule has 3 rings (SSSR count). The summed E-state index contributed by atoms with van der Waals surface area (Å²) in [7, 11) is 0. The Labute approximate surface area is 96.1 Å². The van der Waals surface area contributed by atoms with Crippen LogP contribution in [-0.4, -0.2) is 12.6 Å². The van der Waals surface area contributed by atoms with E-state index in [2.05, 4.69) is 5.32 Å². The summed E-state index contributed by atoms with van der Waals surface area (Å²) < 4.78 is 13.8. The van der Waals surface area contributed by atoms with Crippen LogP contribution < -0.4 is 5.32 Å². The fourth-order valence-electron chi connectivity index (χ4n) is 2.66. The van der Waals surface area contributed by atoms with E-state index in [1.54, 1.807) is 12.1 Å². The first-order valence-corrected chi connectivity index (χ1v) is 6.29. The fraction of sp³-hybridized carbons (Fsp3) is 0.571. The van der Waals surface area contributed by atoms with Gasteiger partial charge in [-0.25, -0.2) is 4.39 Å². The van der Waals surface area contributed by atoms with Crippen LogP contribution in [0.25, 0.3) is 0 Å². The van der Waals surface area contributed by atoms with E-state index in [1.807, 2.05) is 12.1 Å². The maximum absolute atomic E-state index is 13.8. The Balaban J connectivity index is 1.80. The van der Waals surface area contributed by atoms with Crippen molar-refractivity contribution in [2.75, 3.05) is 6.54 Å². The Kier molecular flexibility index (Phi) is 2.47. The summed E-state index contributed by atoms with van der Waals surface area (Å²) in [5.41, 5.74) is 1.02. The van der Waals surface area contributed by atoms with E-state index in [0.29, 0.717) is 6.04 Å². The van der Waals surface area contributed by atoms with Gasteiger partial charge in [0.2, 0.25) is 0 Å². The minimum atomic E-state index is -0.0280. The van der Waals surface area contributed by atoms with Crippen LogP contribution in [0.1, 0.15) is 37.7 Å². The van der Waals surface area contributed by atoms with Crippen LogP contribution in [0.2, 0.25) is 0 Å². The average Bonchev–Trinajstić information content (AvgIpc) is 3.02. The highest BCUT2D eigenvalue weighted by Gasteiger charge is 2.41. The van der Waals surface area contributed by atoms with Crippen LogP contribution in [0.3, 0.4) is 0 Å². The van der Waals surface area contributed by atoms with E-state index >= 15 is 0 Å². The van der Waals surface area contributed by atoms with Crippen molar-refractivity contribution >= 4 is 0 Å². The molecule has 0 amide bonds. The van der Waals surface area contributed by atoms with Crippen LogP contribution >= 0.6 is 0 Å². The molecule has 16 heavy (non-hydrogen) atoms. The van der Waals surface area contributed by atoms with Crippen LogP contribution in [0.5, 0.6) is 0 Å². The lowest BCUT2D eigenvalue weighted by molar-refractivity contribution is 0.225. The molecule has 1 aromatic carbocycles. The van der Waals surface area contributed by atoms with E-state index in [0.717, 1.165) is 24.9 Å². The van der Waals surface area contributed by atoms with Gasteiger partial charge in [-0.3, -0.25) is 0 Å². The fourth-order valence-corrected chi connectivity index (χ4v) is 2.66. The molecule has 86 valence electrons. The van der Waals surface area contributed by atoms with E-state index in [4.69, 9.17) is 0 Å². The second-order valence-electron chi connectivity index (χ2n) is 5.27. The van der Waals surface area contributed by atoms with Crippen molar-refractivity contribution in [2.45, 2.75) is 43.6 Å². The molecule has 0 spiro atoms. The number of halogens is 1. The summed E-state index contributed by atoms with van der Waals surface area (Å²) in [4.78, 5) is 0. The quantitative estimate of drug-likeness (QED) is 0.821. The summed E-state index contributed by atoms with van der Waals surface area (Å²) in [6.07, 6.45) is 6.10. The molecule has 2 aliphatic carbocycles. The molecule has 1 nitrogen and oxygen atoms in total. The first-order valence-electron chi connectivity index (χ1n) is 6.29. The van der Waals surface area contributed by atoms with Gasteiger partial charge in [0.1, 0.15) is 5.82 Å². The van der Waals surface area contributed by atoms with Crippen LogP contribution in [0.15, 0.2) is 24.3 Å². The zero-order valence-electron chi connectivity index (χ0n) is 9.51. The highest BCUT2D eigenvalue weighted by molar-refractivity contribution is 5.30. The minimum absolute atomic E-state index is 0.0280. The highest BCUT2D eigenvalue weighted by atomic mass is 19.1. The molecule has 2 fully saturated rings. The van der Waals surface area contributed by atoms with E-state index in [9.17, 15) is 4.39 Å². The van der Waals surface area contributed by atoms with E-state index in [1.165, 1.54) is 19.3 Å². The maximum atomic E-state index is 13.8. The second-order valence-corrected chi connectivity index (χ2v) is 5.27. The molecule has 0 radical (unpaired) electrons. The summed E-state index contributed by atoms with van der Waals surface area (Å²) >= 11 is 0. The Bertz CT molecular complexity index is 380. The van der Waals surface area contributed by atoms with E-state index < -0.39 is 0 Å².